The Morgan fingerprint density at radius 3 is 2.46 bits per heavy atom. The number of anilines is 1. The fourth-order valence-electron chi connectivity index (χ4n) is 3.58. The highest BCUT2D eigenvalue weighted by Crippen LogP contribution is 2.20. The number of hydrogen-bond donors (Lipinski definition) is 1. The number of rotatable bonds is 6. The van der Waals surface area contributed by atoms with Crippen LogP contribution in [-0.4, -0.2) is 41.8 Å². The van der Waals surface area contributed by atoms with Gasteiger partial charge in [-0.25, -0.2) is 4.39 Å². The normalized spacial score (nSPS) is 14.1. The SMILES string of the molecule is CC(=O)Nc1cc(F)cc(C(=O)N(C)Cc2ccccc2CN2CCCC2)c1. The van der Waals surface area contributed by atoms with E-state index < -0.39 is 5.82 Å². The van der Waals surface area contributed by atoms with Crippen molar-refractivity contribution in [2.45, 2.75) is 32.9 Å². The van der Waals surface area contributed by atoms with Crippen LogP contribution in [-0.2, 0) is 17.9 Å². The first-order valence-corrected chi connectivity index (χ1v) is 9.55. The van der Waals surface area contributed by atoms with Gasteiger partial charge < -0.3 is 10.2 Å². The van der Waals surface area contributed by atoms with Gasteiger partial charge in [0.05, 0.1) is 0 Å². The van der Waals surface area contributed by atoms with E-state index in [1.54, 1.807) is 11.9 Å². The molecule has 6 heteroatoms. The number of hydrogen-bond acceptors (Lipinski definition) is 3. The molecule has 3 rings (SSSR count). The van der Waals surface area contributed by atoms with Gasteiger partial charge in [-0.05, 0) is 55.3 Å². The summed E-state index contributed by atoms with van der Waals surface area (Å²) >= 11 is 0. The summed E-state index contributed by atoms with van der Waals surface area (Å²) in [4.78, 5) is 28.1. The molecule has 0 radical (unpaired) electrons. The van der Waals surface area contributed by atoms with Crippen LogP contribution in [0.1, 0.15) is 41.3 Å². The Hall–Kier alpha value is -2.73. The minimum atomic E-state index is -0.558. The minimum Gasteiger partial charge on any atom is -0.337 e. The lowest BCUT2D eigenvalue weighted by molar-refractivity contribution is -0.114. The summed E-state index contributed by atoms with van der Waals surface area (Å²) in [5, 5.41) is 2.52. The maximum absolute atomic E-state index is 13.9. The summed E-state index contributed by atoms with van der Waals surface area (Å²) in [5.41, 5.74) is 2.79. The Kier molecular flexibility index (Phi) is 6.41. The molecule has 148 valence electrons. The first kappa shape index (κ1) is 20.0. The Morgan fingerprint density at radius 2 is 1.79 bits per heavy atom. The van der Waals surface area contributed by atoms with Gasteiger partial charge >= 0.3 is 0 Å². The molecule has 5 nitrogen and oxygen atoms in total. The van der Waals surface area contributed by atoms with E-state index in [0.29, 0.717) is 6.54 Å². The standard InChI is InChI=1S/C22H26FN3O2/c1-16(27)24-21-12-19(11-20(23)13-21)22(28)25(2)14-17-7-3-4-8-18(17)15-26-9-5-6-10-26/h3-4,7-8,11-13H,5-6,9-10,14-15H2,1-2H3,(H,24,27). The zero-order valence-electron chi connectivity index (χ0n) is 16.4. The van der Waals surface area contributed by atoms with Crippen LogP contribution in [0.4, 0.5) is 10.1 Å². The highest BCUT2D eigenvalue weighted by molar-refractivity contribution is 5.96. The second-order valence-electron chi connectivity index (χ2n) is 7.32. The number of likely N-dealkylation sites (tertiary alicyclic amines) is 1. The number of benzene rings is 2. The van der Waals surface area contributed by atoms with Crippen LogP contribution in [0.3, 0.4) is 0 Å². The third-order valence-electron chi connectivity index (χ3n) is 4.93. The van der Waals surface area contributed by atoms with Crippen LogP contribution in [0, 0.1) is 5.82 Å². The molecule has 28 heavy (non-hydrogen) atoms. The van der Waals surface area contributed by atoms with E-state index in [4.69, 9.17) is 0 Å². The van der Waals surface area contributed by atoms with Crippen LogP contribution >= 0.6 is 0 Å². The van der Waals surface area contributed by atoms with E-state index in [-0.39, 0.29) is 23.1 Å². The summed E-state index contributed by atoms with van der Waals surface area (Å²) < 4.78 is 13.9. The summed E-state index contributed by atoms with van der Waals surface area (Å²) in [5.74, 6) is -1.16. The minimum absolute atomic E-state index is 0.211. The molecule has 1 N–H and O–H groups in total. The van der Waals surface area contributed by atoms with Gasteiger partial charge in [-0.15, -0.1) is 0 Å². The lowest BCUT2D eigenvalue weighted by atomic mass is 10.1. The molecular weight excluding hydrogens is 357 g/mol. The van der Waals surface area contributed by atoms with E-state index in [0.717, 1.165) is 25.2 Å². The highest BCUT2D eigenvalue weighted by atomic mass is 19.1. The summed E-state index contributed by atoms with van der Waals surface area (Å²) in [6.45, 7) is 4.88. The molecule has 2 amide bonds. The van der Waals surface area contributed by atoms with Crippen molar-refractivity contribution in [2.24, 2.45) is 0 Å². The molecule has 0 aliphatic carbocycles. The number of amides is 2. The van der Waals surface area contributed by atoms with Crippen LogP contribution in [0.15, 0.2) is 42.5 Å². The summed E-state index contributed by atoms with van der Waals surface area (Å²) in [6, 6.07) is 12.0. The molecule has 1 heterocycles. The Bertz CT molecular complexity index is 863. The first-order valence-electron chi connectivity index (χ1n) is 9.55. The van der Waals surface area contributed by atoms with Crippen molar-refractivity contribution in [1.82, 2.24) is 9.80 Å². The van der Waals surface area contributed by atoms with Crippen molar-refractivity contribution >= 4 is 17.5 Å². The largest absolute Gasteiger partial charge is 0.337 e. The van der Waals surface area contributed by atoms with Gasteiger partial charge in [-0.2, -0.15) is 0 Å². The van der Waals surface area contributed by atoms with Crippen molar-refractivity contribution in [2.75, 3.05) is 25.5 Å². The third kappa shape index (κ3) is 5.16. The summed E-state index contributed by atoms with van der Waals surface area (Å²) in [6.07, 6.45) is 2.47. The second kappa shape index (κ2) is 8.97. The van der Waals surface area contributed by atoms with E-state index in [1.807, 2.05) is 18.2 Å². The first-order chi connectivity index (χ1) is 13.4. The van der Waals surface area contributed by atoms with Crippen molar-refractivity contribution in [3.63, 3.8) is 0 Å². The highest BCUT2D eigenvalue weighted by Gasteiger charge is 2.18. The van der Waals surface area contributed by atoms with Crippen molar-refractivity contribution in [1.29, 1.82) is 0 Å². The van der Waals surface area contributed by atoms with E-state index in [1.165, 1.54) is 43.5 Å². The smallest absolute Gasteiger partial charge is 0.254 e. The molecule has 1 aliphatic rings. The van der Waals surface area contributed by atoms with Crippen LogP contribution in [0.5, 0.6) is 0 Å². The lowest BCUT2D eigenvalue weighted by Gasteiger charge is -2.22. The molecule has 0 unspecified atom stereocenters. The molecule has 2 aromatic rings. The molecule has 0 saturated carbocycles. The Labute approximate surface area is 165 Å². The van der Waals surface area contributed by atoms with Crippen molar-refractivity contribution in [3.05, 3.63) is 65.0 Å². The second-order valence-corrected chi connectivity index (χ2v) is 7.32. The Morgan fingerprint density at radius 1 is 1.11 bits per heavy atom. The fourth-order valence-corrected chi connectivity index (χ4v) is 3.58. The molecule has 0 bridgehead atoms. The Balaban J connectivity index is 1.74. The van der Waals surface area contributed by atoms with Crippen LogP contribution in [0.25, 0.3) is 0 Å². The third-order valence-corrected chi connectivity index (χ3v) is 4.93. The maximum atomic E-state index is 13.9. The monoisotopic (exact) mass is 383 g/mol. The molecule has 0 atom stereocenters. The lowest BCUT2D eigenvalue weighted by Crippen LogP contribution is -2.27. The number of nitrogens with one attached hydrogen (secondary N) is 1. The number of carbonyl (C=O) groups excluding carboxylic acids is 2. The summed E-state index contributed by atoms with van der Waals surface area (Å²) in [7, 11) is 1.71. The van der Waals surface area contributed by atoms with Crippen molar-refractivity contribution < 1.29 is 14.0 Å². The van der Waals surface area contributed by atoms with Crippen LogP contribution < -0.4 is 5.32 Å². The molecule has 2 aromatic carbocycles. The van der Waals surface area contributed by atoms with Gasteiger partial charge in [-0.3, -0.25) is 14.5 Å². The molecule has 1 saturated heterocycles. The average Bonchev–Trinajstić information content (AvgIpc) is 3.14. The maximum Gasteiger partial charge on any atom is 0.254 e. The zero-order valence-corrected chi connectivity index (χ0v) is 16.4. The molecular formula is C22H26FN3O2. The van der Waals surface area contributed by atoms with Crippen LogP contribution in [0.2, 0.25) is 0 Å². The van der Waals surface area contributed by atoms with Gasteiger partial charge in [0, 0.05) is 38.3 Å². The quantitative estimate of drug-likeness (QED) is 0.828. The average molecular weight is 383 g/mol. The van der Waals surface area contributed by atoms with Gasteiger partial charge in [-0.1, -0.05) is 24.3 Å². The van der Waals surface area contributed by atoms with Gasteiger partial charge in [0.15, 0.2) is 0 Å². The fraction of sp³-hybridized carbons (Fsp3) is 0.364. The van der Waals surface area contributed by atoms with Gasteiger partial charge in [0.2, 0.25) is 5.91 Å². The predicted molar refractivity (Wildman–Crippen MR) is 107 cm³/mol. The molecule has 0 aromatic heterocycles. The number of nitrogens with zero attached hydrogens (tertiary/aromatic N) is 2. The molecule has 1 aliphatic heterocycles. The molecule has 1 fully saturated rings. The van der Waals surface area contributed by atoms with Crippen molar-refractivity contribution in [3.8, 4) is 0 Å². The molecule has 0 spiro atoms. The zero-order chi connectivity index (χ0) is 20.1. The van der Waals surface area contributed by atoms with E-state index >= 15 is 0 Å². The van der Waals surface area contributed by atoms with E-state index in [2.05, 4.69) is 16.3 Å². The number of halogens is 1. The predicted octanol–water partition coefficient (Wildman–Crippen LogP) is 3.65. The van der Waals surface area contributed by atoms with Gasteiger partial charge in [0.25, 0.3) is 5.91 Å². The number of carbonyl (C=O) groups is 2. The topological polar surface area (TPSA) is 52.7 Å². The van der Waals surface area contributed by atoms with Gasteiger partial charge in [0.1, 0.15) is 5.82 Å². The van der Waals surface area contributed by atoms with E-state index in [9.17, 15) is 14.0 Å².